The largest absolute Gasteiger partial charge is 0.482 e. The Balaban J connectivity index is 0.873. The van der Waals surface area contributed by atoms with E-state index in [9.17, 15) is 15.3 Å². The predicted molar refractivity (Wildman–Crippen MR) is 369 cm³/mol. The number of benzene rings is 5. The number of esters is 2. The van der Waals surface area contributed by atoms with Crippen LogP contribution in [-0.4, -0.2) is 65.9 Å². The summed E-state index contributed by atoms with van der Waals surface area (Å²) in [5.74, 6) is -0.503. The second-order valence-electron chi connectivity index (χ2n) is 31.7. The smallest absolute Gasteiger partial charge is 0.340 e. The van der Waals surface area contributed by atoms with Crippen LogP contribution in [-0.2, 0) is 42.2 Å². The van der Waals surface area contributed by atoms with Crippen molar-refractivity contribution in [2.75, 3.05) is 26.9 Å². The van der Waals surface area contributed by atoms with Crippen molar-refractivity contribution in [3.05, 3.63) is 215 Å². The first-order valence-corrected chi connectivity index (χ1v) is 36.7. The lowest BCUT2D eigenvalue weighted by Gasteiger charge is -2.59. The zero-order valence-corrected chi connectivity index (χ0v) is 55.6. The number of aliphatic hydroxyl groups excluding tert-OH is 3. The van der Waals surface area contributed by atoms with Gasteiger partial charge in [-0.15, -0.1) is 0 Å². The number of methoxy groups -OCH3 is 1. The van der Waals surface area contributed by atoms with Gasteiger partial charge in [0, 0.05) is 65.7 Å². The van der Waals surface area contributed by atoms with Gasteiger partial charge < -0.3 is 38.7 Å². The molecule has 5 fully saturated rings. The van der Waals surface area contributed by atoms with Gasteiger partial charge >= 0.3 is 17.6 Å². The Morgan fingerprint density at radius 1 is 0.740 bits per heavy atom. The Morgan fingerprint density at radius 3 is 2.41 bits per heavy atom. The SMILES string of the molecule is COC[C@@H](CCO)c1c(CO)c2ccc3c(c2oc1=O)[C@H]1OC(=O)C[C@H]2C[C@H](c4cccc5c4CC[C@H]4CCC[C@H]6C=Cc7ccccc7[C@@]546)C=C[C@H]2c2ccc4c(c2)[C@@H]2CC5(CCCC5)[C@@H]4C/C(=C(\C)CO)C(=O)O[C@@H]1[C@@]1(CCC[C@]4(C2)[C@H]1C[C@@H]1c2ccccc2C=C[C@@H]14)O3. The molecule has 19 rings (SSSR count). The van der Waals surface area contributed by atoms with E-state index in [4.69, 9.17) is 23.4 Å². The number of hydrogen-bond acceptors (Lipinski definition) is 11. The van der Waals surface area contributed by atoms with Crippen molar-refractivity contribution >= 4 is 35.1 Å². The first kappa shape index (κ1) is 61.2. The van der Waals surface area contributed by atoms with Crippen molar-refractivity contribution < 1.29 is 48.3 Å². The predicted octanol–water partition coefficient (Wildman–Crippen LogP) is 16.1. The van der Waals surface area contributed by atoms with Gasteiger partial charge in [0.15, 0.2) is 17.8 Å². The average Bonchev–Trinajstić information content (AvgIpc) is 1.28. The standard InChI is InChI=1S/C85H90O11/c1-48(45-87)64-41-71-62-27-22-52-39-65(62)55(43-82(71)33-7-8-34-82)44-83-35-11-36-84(73(83)42-66-59-16-5-3-12-49(59)23-30-69(66)83)79(95-80(64)90)78(76-72(96-84)31-29-63-67(46-88)75(81(91)94-77(63)76)53(32-37-86)47-92-2)93-74(89)40-54-38-51(21-26-58(52)54)60-17-10-19-70-61(60)28-25-57-15-9-14-56-24-20-50-13-4-6-18-68(50)85(56,57)70/h3-6,10,12-13,16-24,26-27,29-31,39,51,53-58,66,69,71,73,78-79,86-88H,7-9,11,14-15,25,28,32-38,40-47H2,1-2H3/b64-48-/t51-,53-,54-,55-,56+,57-,58+,66-,69+,71-,73-,78-,79+,83-,84+,85+/m1/s1. The molecule has 9 aliphatic carbocycles. The maximum atomic E-state index is 16.5. The number of carbonyl (C=O) groups is 2. The molecule has 0 unspecified atom stereocenters. The summed E-state index contributed by atoms with van der Waals surface area (Å²) < 4.78 is 35.3. The number of allylic oxidation sites excluding steroid dienone is 4. The molecule has 11 nitrogen and oxygen atoms in total. The third-order valence-electron chi connectivity index (χ3n) is 27.8. The number of fused-ring (bicyclic) bond motifs is 15. The summed E-state index contributed by atoms with van der Waals surface area (Å²) in [5, 5.41) is 33.7. The van der Waals surface area contributed by atoms with Crippen LogP contribution in [0.2, 0.25) is 0 Å². The van der Waals surface area contributed by atoms with Crippen LogP contribution in [0.25, 0.3) is 23.1 Å². The van der Waals surface area contributed by atoms with Gasteiger partial charge in [-0.2, -0.15) is 0 Å². The van der Waals surface area contributed by atoms with Gasteiger partial charge in [0.25, 0.3) is 0 Å². The molecule has 5 aromatic carbocycles. The molecule has 6 aromatic rings. The Morgan fingerprint density at radius 2 is 1.56 bits per heavy atom. The Kier molecular flexibility index (Phi) is 14.8. The second kappa shape index (κ2) is 23.2. The van der Waals surface area contributed by atoms with Gasteiger partial charge in [-0.1, -0.05) is 141 Å². The van der Waals surface area contributed by atoms with E-state index in [-0.39, 0.29) is 108 Å². The van der Waals surface area contributed by atoms with Gasteiger partial charge in [0.2, 0.25) is 0 Å². The fraction of sp³-hybridized carbons (Fsp3) is 0.494. The summed E-state index contributed by atoms with van der Waals surface area (Å²) in [6, 6.07) is 36.2. The summed E-state index contributed by atoms with van der Waals surface area (Å²) in [6.45, 7) is 0.848. The molecule has 8 bridgehead atoms. The highest BCUT2D eigenvalue weighted by Gasteiger charge is 2.71. The summed E-state index contributed by atoms with van der Waals surface area (Å²) in [7, 11) is 1.54. The van der Waals surface area contributed by atoms with Gasteiger partial charge in [0.05, 0.1) is 25.4 Å². The van der Waals surface area contributed by atoms with Crippen LogP contribution >= 0.6 is 0 Å². The van der Waals surface area contributed by atoms with Crippen LogP contribution in [0.5, 0.6) is 5.75 Å². The number of rotatable bonds is 8. The molecule has 4 aliphatic heterocycles. The van der Waals surface area contributed by atoms with E-state index in [0.29, 0.717) is 58.9 Å². The number of aliphatic hydroxyl groups is 3. The molecule has 1 aromatic heterocycles. The van der Waals surface area contributed by atoms with E-state index >= 15 is 14.4 Å². The number of carbonyl (C=O) groups excluding carboxylic acids is 2. The van der Waals surface area contributed by atoms with E-state index in [1.807, 2.05) is 19.1 Å². The lowest BCUT2D eigenvalue weighted by atomic mass is 9.48. The van der Waals surface area contributed by atoms with Crippen molar-refractivity contribution in [1.82, 2.24) is 0 Å². The molecule has 3 N–H and O–H groups in total. The maximum Gasteiger partial charge on any atom is 0.340 e. The summed E-state index contributed by atoms with van der Waals surface area (Å²) >= 11 is 0. The van der Waals surface area contributed by atoms with Crippen molar-refractivity contribution in [3.63, 3.8) is 0 Å². The van der Waals surface area contributed by atoms with E-state index in [1.54, 1.807) is 7.11 Å². The fourth-order valence-corrected chi connectivity index (χ4v) is 24.1. The van der Waals surface area contributed by atoms with Crippen LogP contribution in [0.3, 0.4) is 0 Å². The fourth-order valence-electron chi connectivity index (χ4n) is 24.1. The Labute approximate surface area is 563 Å². The number of hydrogen-bond donors (Lipinski definition) is 3. The molecule has 11 heteroatoms. The quantitative estimate of drug-likeness (QED) is 0.0576. The van der Waals surface area contributed by atoms with Crippen LogP contribution in [0, 0.1) is 40.4 Å². The molecule has 496 valence electrons. The van der Waals surface area contributed by atoms with Crippen LogP contribution < -0.4 is 10.4 Å². The lowest BCUT2D eigenvalue weighted by Crippen LogP contribution is -2.65. The zero-order chi connectivity index (χ0) is 65.0. The van der Waals surface area contributed by atoms with Gasteiger partial charge in [-0.05, 0) is 234 Å². The normalized spacial score (nSPS) is 34.5. The van der Waals surface area contributed by atoms with E-state index < -0.39 is 53.3 Å². The Hall–Kier alpha value is -7.15. The van der Waals surface area contributed by atoms with Crippen molar-refractivity contribution in [3.8, 4) is 5.75 Å². The monoisotopic (exact) mass is 1290 g/mol. The highest BCUT2D eigenvalue weighted by atomic mass is 16.6. The molecular weight excluding hydrogens is 1200 g/mol. The van der Waals surface area contributed by atoms with E-state index in [0.717, 1.165) is 70.6 Å². The molecule has 4 saturated carbocycles. The average molecular weight is 1290 g/mol. The summed E-state index contributed by atoms with van der Waals surface area (Å²) in [6.07, 6.45) is 28.3. The van der Waals surface area contributed by atoms with Gasteiger partial charge in [0.1, 0.15) is 11.3 Å². The van der Waals surface area contributed by atoms with Crippen LogP contribution in [0.4, 0.5) is 0 Å². The van der Waals surface area contributed by atoms with Gasteiger partial charge in [-0.3, -0.25) is 4.79 Å². The maximum absolute atomic E-state index is 16.5. The first-order chi connectivity index (χ1) is 46.9. The third-order valence-corrected chi connectivity index (χ3v) is 27.8. The summed E-state index contributed by atoms with van der Waals surface area (Å²) in [4.78, 5) is 48.0. The molecular formula is C85H90O11. The number of ether oxygens (including phenoxy) is 4. The molecule has 1 saturated heterocycles. The van der Waals surface area contributed by atoms with Crippen molar-refractivity contribution in [2.24, 2.45) is 40.4 Å². The van der Waals surface area contributed by atoms with E-state index in [1.165, 1.54) is 74.9 Å². The zero-order valence-electron chi connectivity index (χ0n) is 55.6. The molecule has 3 spiro atoms. The second-order valence-corrected chi connectivity index (χ2v) is 31.7. The molecule has 0 radical (unpaired) electrons. The highest BCUT2D eigenvalue weighted by Crippen LogP contribution is 2.73. The van der Waals surface area contributed by atoms with Crippen LogP contribution in [0.1, 0.15) is 236 Å². The van der Waals surface area contributed by atoms with Crippen molar-refractivity contribution in [1.29, 1.82) is 0 Å². The van der Waals surface area contributed by atoms with E-state index in [2.05, 4.69) is 121 Å². The molecule has 5 heterocycles. The summed E-state index contributed by atoms with van der Waals surface area (Å²) in [5.41, 5.74) is 12.8. The minimum atomic E-state index is -1.35. The molecule has 96 heavy (non-hydrogen) atoms. The molecule has 16 atom stereocenters. The molecule has 13 aliphatic rings. The highest BCUT2D eigenvalue weighted by molar-refractivity contribution is 5.91. The Bertz CT molecular complexity index is 4360. The van der Waals surface area contributed by atoms with Gasteiger partial charge in [-0.25, -0.2) is 9.59 Å². The van der Waals surface area contributed by atoms with Crippen LogP contribution in [0.15, 0.2) is 142 Å². The van der Waals surface area contributed by atoms with Crippen molar-refractivity contribution in [2.45, 2.75) is 194 Å². The topological polar surface area (TPSA) is 162 Å². The third kappa shape index (κ3) is 8.86. The minimum absolute atomic E-state index is 0.0141. The minimum Gasteiger partial charge on any atom is -0.482 e. The lowest BCUT2D eigenvalue weighted by molar-refractivity contribution is -0.222. The molecule has 0 amide bonds. The first-order valence-electron chi connectivity index (χ1n) is 36.7.